The highest BCUT2D eigenvalue weighted by atomic mass is 35.5. The van der Waals surface area contributed by atoms with Crippen molar-refractivity contribution in [3.8, 4) is 5.75 Å². The summed E-state index contributed by atoms with van der Waals surface area (Å²) >= 11 is 5.80. The number of carbonyl (C=O) groups is 2. The molecule has 174 valence electrons. The molecular formula is C22H27ClN2O6S. The van der Waals surface area contributed by atoms with Crippen LogP contribution in [0.2, 0.25) is 5.02 Å². The number of carbonyl (C=O) groups excluding carboxylic acids is 2. The van der Waals surface area contributed by atoms with Gasteiger partial charge in [-0.1, -0.05) is 23.7 Å². The van der Waals surface area contributed by atoms with Gasteiger partial charge in [-0.05, 0) is 55.3 Å². The van der Waals surface area contributed by atoms with Crippen molar-refractivity contribution in [3.05, 3.63) is 59.1 Å². The summed E-state index contributed by atoms with van der Waals surface area (Å²) in [4.78, 5) is 24.6. The van der Waals surface area contributed by atoms with Gasteiger partial charge in [0.05, 0.1) is 31.1 Å². The molecule has 1 N–H and O–H groups in total. The van der Waals surface area contributed by atoms with Crippen molar-refractivity contribution in [2.24, 2.45) is 5.92 Å². The lowest BCUT2D eigenvalue weighted by molar-refractivity contribution is -0.145. The zero-order chi connectivity index (χ0) is 23.7. The first kappa shape index (κ1) is 25.6. The monoisotopic (exact) mass is 482 g/mol. The molecule has 0 spiro atoms. The number of benzene rings is 2. The van der Waals surface area contributed by atoms with Crippen LogP contribution in [0.3, 0.4) is 0 Å². The maximum absolute atomic E-state index is 12.6. The molecule has 0 saturated heterocycles. The van der Waals surface area contributed by atoms with Crippen molar-refractivity contribution in [3.63, 3.8) is 0 Å². The van der Waals surface area contributed by atoms with Gasteiger partial charge in [-0.2, -0.15) is 4.31 Å². The second kappa shape index (κ2) is 11.8. The number of hydrogen-bond donors (Lipinski definition) is 1. The van der Waals surface area contributed by atoms with Crippen LogP contribution >= 0.6 is 11.6 Å². The Labute approximate surface area is 193 Å². The molecule has 32 heavy (non-hydrogen) atoms. The quantitative estimate of drug-likeness (QED) is 0.494. The number of halogens is 1. The van der Waals surface area contributed by atoms with E-state index in [4.69, 9.17) is 21.1 Å². The first-order valence-corrected chi connectivity index (χ1v) is 11.8. The van der Waals surface area contributed by atoms with E-state index in [1.54, 1.807) is 0 Å². The summed E-state index contributed by atoms with van der Waals surface area (Å²) in [5.74, 6) is -0.906. The molecule has 0 aliphatic carbocycles. The van der Waals surface area contributed by atoms with Crippen LogP contribution in [0.1, 0.15) is 12.5 Å². The van der Waals surface area contributed by atoms with Crippen molar-refractivity contribution in [1.29, 1.82) is 0 Å². The predicted octanol–water partition coefficient (Wildman–Crippen LogP) is 2.51. The Hall–Kier alpha value is -2.62. The Morgan fingerprint density at radius 1 is 1.09 bits per heavy atom. The largest absolute Gasteiger partial charge is 0.494 e. The van der Waals surface area contributed by atoms with Crippen LogP contribution in [0.15, 0.2) is 53.4 Å². The molecule has 1 amide bonds. The summed E-state index contributed by atoms with van der Waals surface area (Å²) in [6.45, 7) is 2.05. The fraction of sp³-hybridized carbons (Fsp3) is 0.364. The molecule has 8 nitrogen and oxygen atoms in total. The van der Waals surface area contributed by atoms with Gasteiger partial charge >= 0.3 is 5.97 Å². The highest BCUT2D eigenvalue weighted by molar-refractivity contribution is 7.89. The number of amides is 1. The standard InChI is InChI=1S/C22H27ClN2O6S/c1-4-31-19-9-5-16(6-10-19)13-17(22(27)30-3)14-24-21(26)15-25(2)32(28,29)20-11-7-18(23)8-12-20/h5-12,17H,4,13-15H2,1-3H3,(H,24,26)/t17-/m0/s1. The van der Waals surface area contributed by atoms with Crippen LogP contribution in [-0.4, -0.2) is 58.5 Å². The summed E-state index contributed by atoms with van der Waals surface area (Å²) in [7, 11) is -1.27. The lowest BCUT2D eigenvalue weighted by Gasteiger charge is -2.19. The third-order valence-electron chi connectivity index (χ3n) is 4.68. The smallest absolute Gasteiger partial charge is 0.310 e. The minimum atomic E-state index is -3.86. The molecule has 0 unspecified atom stereocenters. The summed E-state index contributed by atoms with van der Waals surface area (Å²) in [6.07, 6.45) is 0.346. The highest BCUT2D eigenvalue weighted by Gasteiger charge is 2.25. The molecule has 0 fully saturated rings. The Kier molecular flexibility index (Phi) is 9.49. The van der Waals surface area contributed by atoms with E-state index in [1.807, 2.05) is 31.2 Å². The molecule has 0 saturated carbocycles. The minimum Gasteiger partial charge on any atom is -0.494 e. The average Bonchev–Trinajstić information content (AvgIpc) is 2.77. The molecule has 1 atom stereocenters. The number of sulfonamides is 1. The second-order valence-corrected chi connectivity index (χ2v) is 9.50. The van der Waals surface area contributed by atoms with Gasteiger partial charge in [0, 0.05) is 18.6 Å². The minimum absolute atomic E-state index is 0.00749. The van der Waals surface area contributed by atoms with Crippen molar-refractivity contribution in [1.82, 2.24) is 9.62 Å². The van der Waals surface area contributed by atoms with Gasteiger partial charge in [0.1, 0.15) is 5.75 Å². The molecule has 2 aromatic rings. The molecule has 0 heterocycles. The van der Waals surface area contributed by atoms with Gasteiger partial charge in [0.15, 0.2) is 0 Å². The molecule has 2 rings (SSSR count). The van der Waals surface area contributed by atoms with E-state index in [2.05, 4.69) is 5.32 Å². The summed E-state index contributed by atoms with van der Waals surface area (Å²) in [5, 5.41) is 3.03. The second-order valence-electron chi connectivity index (χ2n) is 7.02. The third-order valence-corrected chi connectivity index (χ3v) is 6.75. The molecule has 0 radical (unpaired) electrons. The Balaban J connectivity index is 1.97. The van der Waals surface area contributed by atoms with E-state index in [9.17, 15) is 18.0 Å². The fourth-order valence-electron chi connectivity index (χ4n) is 2.95. The van der Waals surface area contributed by atoms with Crippen LogP contribution in [0.5, 0.6) is 5.75 Å². The number of methoxy groups -OCH3 is 1. The van der Waals surface area contributed by atoms with Crippen LogP contribution in [0.4, 0.5) is 0 Å². The molecule has 10 heteroatoms. The highest BCUT2D eigenvalue weighted by Crippen LogP contribution is 2.18. The predicted molar refractivity (Wildman–Crippen MR) is 121 cm³/mol. The zero-order valence-electron chi connectivity index (χ0n) is 18.2. The summed E-state index contributed by atoms with van der Waals surface area (Å²) in [6, 6.07) is 13.0. The SMILES string of the molecule is CCOc1ccc(C[C@@H](CNC(=O)CN(C)S(=O)(=O)c2ccc(Cl)cc2)C(=O)OC)cc1. The van der Waals surface area contributed by atoms with Crippen LogP contribution in [0, 0.1) is 5.92 Å². The Morgan fingerprint density at radius 2 is 1.72 bits per heavy atom. The van der Waals surface area contributed by atoms with E-state index in [0.29, 0.717) is 18.1 Å². The fourth-order valence-corrected chi connectivity index (χ4v) is 4.20. The lowest BCUT2D eigenvalue weighted by atomic mass is 9.99. The Bertz CT molecular complexity index is 1010. The average molecular weight is 483 g/mol. The summed E-state index contributed by atoms with van der Waals surface area (Å²) in [5.41, 5.74) is 0.875. The number of rotatable bonds is 11. The third kappa shape index (κ3) is 7.22. The number of likely N-dealkylation sites (N-methyl/N-ethyl adjacent to an activating group) is 1. The topological polar surface area (TPSA) is 102 Å². The zero-order valence-corrected chi connectivity index (χ0v) is 19.8. The molecule has 0 aromatic heterocycles. The van der Waals surface area contributed by atoms with E-state index in [-0.39, 0.29) is 11.4 Å². The number of ether oxygens (including phenoxy) is 2. The van der Waals surface area contributed by atoms with Gasteiger partial charge in [-0.3, -0.25) is 9.59 Å². The Morgan fingerprint density at radius 3 is 2.28 bits per heavy atom. The first-order valence-electron chi connectivity index (χ1n) is 9.95. The van der Waals surface area contributed by atoms with Gasteiger partial charge in [-0.25, -0.2) is 8.42 Å². The lowest BCUT2D eigenvalue weighted by Crippen LogP contribution is -2.41. The maximum Gasteiger partial charge on any atom is 0.310 e. The van der Waals surface area contributed by atoms with Gasteiger partial charge in [0.2, 0.25) is 15.9 Å². The van der Waals surface area contributed by atoms with Crippen molar-refractivity contribution >= 4 is 33.5 Å². The van der Waals surface area contributed by atoms with Crippen molar-refractivity contribution < 1.29 is 27.5 Å². The van der Waals surface area contributed by atoms with E-state index >= 15 is 0 Å². The van der Waals surface area contributed by atoms with Crippen LogP contribution in [0.25, 0.3) is 0 Å². The molecule has 0 aliphatic heterocycles. The van der Waals surface area contributed by atoms with E-state index in [1.165, 1.54) is 38.4 Å². The summed E-state index contributed by atoms with van der Waals surface area (Å²) < 4.78 is 36.4. The van der Waals surface area contributed by atoms with Crippen LogP contribution < -0.4 is 10.1 Å². The van der Waals surface area contributed by atoms with Gasteiger partial charge in [0.25, 0.3) is 0 Å². The molecule has 0 bridgehead atoms. The molecular weight excluding hydrogens is 456 g/mol. The number of esters is 1. The normalized spacial score (nSPS) is 12.3. The number of hydrogen-bond acceptors (Lipinski definition) is 6. The van der Waals surface area contributed by atoms with E-state index < -0.39 is 34.4 Å². The van der Waals surface area contributed by atoms with Crippen molar-refractivity contribution in [2.75, 3.05) is 33.9 Å². The van der Waals surface area contributed by atoms with Gasteiger partial charge in [-0.15, -0.1) is 0 Å². The first-order chi connectivity index (χ1) is 15.2. The number of nitrogens with zero attached hydrogens (tertiary/aromatic N) is 1. The van der Waals surface area contributed by atoms with Crippen LogP contribution in [-0.2, 0) is 30.8 Å². The molecule has 0 aliphatic rings. The van der Waals surface area contributed by atoms with Gasteiger partial charge < -0.3 is 14.8 Å². The molecule has 2 aromatic carbocycles. The maximum atomic E-state index is 12.6. The van der Waals surface area contributed by atoms with Crippen molar-refractivity contribution in [2.45, 2.75) is 18.2 Å². The number of nitrogens with one attached hydrogen (secondary N) is 1. The van der Waals surface area contributed by atoms with E-state index in [0.717, 1.165) is 15.6 Å².